The second-order valence-corrected chi connectivity index (χ2v) is 10.6. The van der Waals surface area contributed by atoms with Crippen molar-refractivity contribution in [2.75, 3.05) is 25.9 Å². The SMILES string of the molecule is CS(=O)(=O)N1CCC(C(=O)NCCc2csc3nc(-c4cccs4)nn23)CC1. The first-order valence-electron chi connectivity index (χ1n) is 9.01. The predicted molar refractivity (Wildman–Crippen MR) is 110 cm³/mol. The molecule has 3 aromatic heterocycles. The lowest BCUT2D eigenvalue weighted by molar-refractivity contribution is -0.126. The Balaban J connectivity index is 1.31. The highest BCUT2D eigenvalue weighted by atomic mass is 32.2. The van der Waals surface area contributed by atoms with Gasteiger partial charge in [-0.2, -0.15) is 4.98 Å². The molecule has 0 unspecified atom stereocenters. The highest BCUT2D eigenvalue weighted by molar-refractivity contribution is 7.88. The normalized spacial score (nSPS) is 16.6. The molecule has 1 aliphatic rings. The fraction of sp³-hybridized carbons (Fsp3) is 0.471. The fourth-order valence-corrected chi connectivity index (χ4v) is 5.70. The van der Waals surface area contributed by atoms with E-state index in [-0.39, 0.29) is 11.8 Å². The second-order valence-electron chi connectivity index (χ2n) is 6.81. The van der Waals surface area contributed by atoms with Crippen molar-refractivity contribution in [1.82, 2.24) is 24.2 Å². The van der Waals surface area contributed by atoms with Gasteiger partial charge in [-0.15, -0.1) is 27.8 Å². The average molecular weight is 440 g/mol. The van der Waals surface area contributed by atoms with Crippen LogP contribution in [0.3, 0.4) is 0 Å². The van der Waals surface area contributed by atoms with Crippen molar-refractivity contribution in [1.29, 1.82) is 0 Å². The van der Waals surface area contributed by atoms with Crippen LogP contribution in [0.5, 0.6) is 0 Å². The Labute approximate surface area is 171 Å². The molecule has 0 aromatic carbocycles. The summed E-state index contributed by atoms with van der Waals surface area (Å²) in [7, 11) is -3.17. The third kappa shape index (κ3) is 4.12. The minimum atomic E-state index is -3.17. The Morgan fingerprint density at radius 1 is 1.32 bits per heavy atom. The summed E-state index contributed by atoms with van der Waals surface area (Å²) < 4.78 is 26.4. The van der Waals surface area contributed by atoms with Crippen LogP contribution >= 0.6 is 22.7 Å². The first-order chi connectivity index (χ1) is 13.4. The van der Waals surface area contributed by atoms with Gasteiger partial charge in [0.2, 0.25) is 20.9 Å². The van der Waals surface area contributed by atoms with Gasteiger partial charge in [-0.3, -0.25) is 4.79 Å². The van der Waals surface area contributed by atoms with E-state index in [1.807, 2.05) is 27.4 Å². The van der Waals surface area contributed by atoms with Gasteiger partial charge in [-0.25, -0.2) is 17.2 Å². The van der Waals surface area contributed by atoms with E-state index in [2.05, 4.69) is 15.4 Å². The third-order valence-electron chi connectivity index (χ3n) is 4.87. The lowest BCUT2D eigenvalue weighted by Crippen LogP contribution is -2.42. The molecule has 0 bridgehead atoms. The van der Waals surface area contributed by atoms with Crippen molar-refractivity contribution < 1.29 is 13.2 Å². The number of thiazole rings is 1. The Bertz CT molecular complexity index is 1060. The van der Waals surface area contributed by atoms with Crippen molar-refractivity contribution in [3.8, 4) is 10.7 Å². The molecular weight excluding hydrogens is 418 g/mol. The van der Waals surface area contributed by atoms with Crippen LogP contribution in [0.2, 0.25) is 0 Å². The zero-order chi connectivity index (χ0) is 19.7. The fourth-order valence-electron chi connectivity index (χ4n) is 3.31. The lowest BCUT2D eigenvalue weighted by atomic mass is 9.97. The van der Waals surface area contributed by atoms with E-state index in [0.717, 1.165) is 21.4 Å². The molecule has 4 rings (SSSR count). The minimum absolute atomic E-state index is 0.00232. The zero-order valence-corrected chi connectivity index (χ0v) is 17.8. The summed E-state index contributed by atoms with van der Waals surface area (Å²) in [6, 6.07) is 3.98. The number of amides is 1. The van der Waals surface area contributed by atoms with Gasteiger partial charge in [0.05, 0.1) is 16.8 Å². The maximum atomic E-state index is 12.4. The number of piperidine rings is 1. The topological polar surface area (TPSA) is 96.7 Å². The van der Waals surface area contributed by atoms with Crippen LogP contribution in [0, 0.1) is 5.92 Å². The van der Waals surface area contributed by atoms with Crippen molar-refractivity contribution in [2.45, 2.75) is 19.3 Å². The van der Waals surface area contributed by atoms with Gasteiger partial charge in [0.1, 0.15) is 0 Å². The number of hydrogen-bond acceptors (Lipinski definition) is 7. The molecule has 0 aliphatic carbocycles. The second kappa shape index (κ2) is 7.90. The van der Waals surface area contributed by atoms with E-state index in [9.17, 15) is 13.2 Å². The van der Waals surface area contributed by atoms with Gasteiger partial charge < -0.3 is 5.32 Å². The van der Waals surface area contributed by atoms with Crippen LogP contribution in [0.15, 0.2) is 22.9 Å². The number of nitrogens with zero attached hydrogens (tertiary/aromatic N) is 4. The molecule has 1 aliphatic heterocycles. The molecule has 0 atom stereocenters. The van der Waals surface area contributed by atoms with Crippen molar-refractivity contribution in [2.24, 2.45) is 5.92 Å². The number of rotatable bonds is 6. The van der Waals surface area contributed by atoms with Crippen LogP contribution in [0.25, 0.3) is 15.7 Å². The smallest absolute Gasteiger partial charge is 0.223 e. The maximum Gasteiger partial charge on any atom is 0.223 e. The molecule has 150 valence electrons. The molecule has 1 amide bonds. The van der Waals surface area contributed by atoms with Crippen molar-refractivity contribution in [3.63, 3.8) is 0 Å². The number of fused-ring (bicyclic) bond motifs is 1. The summed E-state index contributed by atoms with van der Waals surface area (Å²) in [5, 5.41) is 11.6. The van der Waals surface area contributed by atoms with E-state index in [0.29, 0.717) is 38.9 Å². The quantitative estimate of drug-likeness (QED) is 0.632. The van der Waals surface area contributed by atoms with Crippen LogP contribution in [-0.2, 0) is 21.2 Å². The van der Waals surface area contributed by atoms with E-state index in [4.69, 9.17) is 0 Å². The Morgan fingerprint density at radius 2 is 2.11 bits per heavy atom. The van der Waals surface area contributed by atoms with Gasteiger partial charge in [0, 0.05) is 37.4 Å². The van der Waals surface area contributed by atoms with E-state index in [1.165, 1.54) is 10.6 Å². The summed E-state index contributed by atoms with van der Waals surface area (Å²) in [5.41, 5.74) is 1.02. The molecule has 3 aromatic rings. The summed E-state index contributed by atoms with van der Waals surface area (Å²) in [6.45, 7) is 1.34. The van der Waals surface area contributed by atoms with Gasteiger partial charge in [-0.05, 0) is 24.3 Å². The molecule has 11 heteroatoms. The molecular formula is C17H21N5O3S3. The van der Waals surface area contributed by atoms with Gasteiger partial charge in [0.25, 0.3) is 0 Å². The first kappa shape index (κ1) is 19.5. The number of sulfonamides is 1. The summed E-state index contributed by atoms with van der Waals surface area (Å²) >= 11 is 3.15. The predicted octanol–water partition coefficient (Wildman–Crippen LogP) is 1.85. The van der Waals surface area contributed by atoms with E-state index < -0.39 is 10.0 Å². The summed E-state index contributed by atoms with van der Waals surface area (Å²) in [6.07, 6.45) is 3.01. The molecule has 8 nitrogen and oxygen atoms in total. The summed E-state index contributed by atoms with van der Waals surface area (Å²) in [5.74, 6) is 0.597. The molecule has 0 radical (unpaired) electrons. The number of nitrogens with one attached hydrogen (secondary N) is 1. The van der Waals surface area contributed by atoms with Crippen LogP contribution in [-0.4, -0.2) is 59.1 Å². The average Bonchev–Trinajstić information content (AvgIpc) is 3.38. The molecule has 0 spiro atoms. The summed E-state index contributed by atoms with van der Waals surface area (Å²) in [4.78, 5) is 18.8. The molecule has 1 fully saturated rings. The van der Waals surface area contributed by atoms with E-state index >= 15 is 0 Å². The monoisotopic (exact) mass is 439 g/mol. The van der Waals surface area contributed by atoms with Crippen molar-refractivity contribution >= 4 is 43.6 Å². The highest BCUT2D eigenvalue weighted by Gasteiger charge is 2.28. The zero-order valence-electron chi connectivity index (χ0n) is 15.4. The number of thiophene rings is 1. The largest absolute Gasteiger partial charge is 0.355 e. The van der Waals surface area contributed by atoms with Gasteiger partial charge in [-0.1, -0.05) is 6.07 Å². The molecule has 1 N–H and O–H groups in total. The maximum absolute atomic E-state index is 12.4. The van der Waals surface area contributed by atoms with Gasteiger partial charge in [0.15, 0.2) is 5.82 Å². The molecule has 1 saturated heterocycles. The minimum Gasteiger partial charge on any atom is -0.355 e. The number of aromatic nitrogens is 3. The van der Waals surface area contributed by atoms with Crippen LogP contribution < -0.4 is 5.32 Å². The Hall–Kier alpha value is -1.82. The van der Waals surface area contributed by atoms with Crippen LogP contribution in [0.4, 0.5) is 0 Å². The van der Waals surface area contributed by atoms with Crippen LogP contribution in [0.1, 0.15) is 18.5 Å². The lowest BCUT2D eigenvalue weighted by Gasteiger charge is -2.29. The van der Waals surface area contributed by atoms with Gasteiger partial charge >= 0.3 is 0 Å². The number of hydrogen-bond donors (Lipinski definition) is 1. The molecule has 0 saturated carbocycles. The highest BCUT2D eigenvalue weighted by Crippen LogP contribution is 2.24. The Kier molecular flexibility index (Phi) is 5.50. The first-order valence-corrected chi connectivity index (χ1v) is 12.6. The van der Waals surface area contributed by atoms with E-state index in [1.54, 1.807) is 22.7 Å². The van der Waals surface area contributed by atoms with Crippen molar-refractivity contribution in [3.05, 3.63) is 28.6 Å². The standard InChI is InChI=1S/C17H21N5O3S3/c1-28(24,25)21-8-5-12(6-9-21)16(23)18-7-4-13-11-27-17-19-15(20-22(13)17)14-3-2-10-26-14/h2-3,10-12H,4-9H2,1H3,(H,18,23). The Morgan fingerprint density at radius 3 is 2.79 bits per heavy atom. The number of carbonyl (C=O) groups excluding carboxylic acids is 1. The third-order valence-corrected chi connectivity index (χ3v) is 7.90. The molecule has 28 heavy (non-hydrogen) atoms. The number of carbonyl (C=O) groups is 1. The molecule has 4 heterocycles.